The SMILES string of the molecule is O=C1CSC(=NN=Cc2ccc(F)cc2COC2CCCC2)N1. The number of rotatable bonds is 5. The molecule has 0 aromatic heterocycles. The van der Waals surface area contributed by atoms with E-state index in [1.54, 1.807) is 12.3 Å². The second-order valence-electron chi connectivity index (χ2n) is 5.55. The smallest absolute Gasteiger partial charge is 0.236 e. The van der Waals surface area contributed by atoms with Gasteiger partial charge < -0.3 is 10.1 Å². The number of amidine groups is 1. The molecule has 122 valence electrons. The number of benzene rings is 1. The third-order valence-corrected chi connectivity index (χ3v) is 4.68. The molecule has 3 rings (SSSR count). The van der Waals surface area contributed by atoms with Crippen LogP contribution in [0.4, 0.5) is 4.39 Å². The number of nitrogens with zero attached hydrogens (tertiary/aromatic N) is 2. The number of halogens is 1. The van der Waals surface area contributed by atoms with Gasteiger partial charge in [-0.1, -0.05) is 30.7 Å². The fraction of sp³-hybridized carbons (Fsp3) is 0.438. The molecule has 1 amide bonds. The molecule has 1 heterocycles. The minimum absolute atomic E-state index is 0.0728. The first-order valence-electron chi connectivity index (χ1n) is 7.64. The average Bonchev–Trinajstić information content (AvgIpc) is 3.19. The third kappa shape index (κ3) is 4.62. The maximum Gasteiger partial charge on any atom is 0.236 e. The van der Waals surface area contributed by atoms with Gasteiger partial charge in [-0.25, -0.2) is 4.39 Å². The Morgan fingerprint density at radius 3 is 2.96 bits per heavy atom. The van der Waals surface area contributed by atoms with E-state index in [1.165, 1.54) is 36.7 Å². The first-order chi connectivity index (χ1) is 11.2. The number of nitrogens with one attached hydrogen (secondary N) is 1. The van der Waals surface area contributed by atoms with E-state index in [2.05, 4.69) is 15.5 Å². The molecule has 5 nitrogen and oxygen atoms in total. The summed E-state index contributed by atoms with van der Waals surface area (Å²) in [4.78, 5) is 11.1. The summed E-state index contributed by atoms with van der Waals surface area (Å²) in [5.74, 6) is -0.000698. The largest absolute Gasteiger partial charge is 0.374 e. The van der Waals surface area contributed by atoms with Crippen molar-refractivity contribution in [1.29, 1.82) is 0 Å². The minimum Gasteiger partial charge on any atom is -0.374 e. The van der Waals surface area contributed by atoms with Crippen molar-refractivity contribution in [3.63, 3.8) is 0 Å². The van der Waals surface area contributed by atoms with Crippen molar-refractivity contribution < 1.29 is 13.9 Å². The van der Waals surface area contributed by atoms with E-state index in [0.29, 0.717) is 17.5 Å². The van der Waals surface area contributed by atoms with E-state index in [0.717, 1.165) is 24.0 Å². The standard InChI is InChI=1S/C16H18FN3O2S/c17-13-6-5-11(8-18-20-16-19-15(21)10-23-16)12(7-13)9-22-14-3-1-2-4-14/h5-8,14H,1-4,9-10H2,(H,19,20,21). The zero-order chi connectivity index (χ0) is 16.1. The summed E-state index contributed by atoms with van der Waals surface area (Å²) in [7, 11) is 0. The van der Waals surface area contributed by atoms with Crippen LogP contribution in [0.2, 0.25) is 0 Å². The van der Waals surface area contributed by atoms with Gasteiger partial charge in [0.05, 0.1) is 24.7 Å². The molecule has 1 saturated heterocycles. The van der Waals surface area contributed by atoms with Gasteiger partial charge in [0.1, 0.15) is 5.82 Å². The predicted octanol–water partition coefficient (Wildman–Crippen LogP) is 2.84. The molecule has 0 bridgehead atoms. The molecule has 1 aromatic rings. The van der Waals surface area contributed by atoms with Crippen LogP contribution in [0.25, 0.3) is 0 Å². The first kappa shape index (κ1) is 16.1. The van der Waals surface area contributed by atoms with Gasteiger partial charge in [-0.05, 0) is 30.5 Å². The van der Waals surface area contributed by atoms with Gasteiger partial charge in [-0.15, -0.1) is 5.10 Å². The van der Waals surface area contributed by atoms with Crippen molar-refractivity contribution in [3.05, 3.63) is 35.1 Å². The molecule has 0 unspecified atom stereocenters. The van der Waals surface area contributed by atoms with Crippen LogP contribution >= 0.6 is 11.8 Å². The van der Waals surface area contributed by atoms with Crippen molar-refractivity contribution >= 4 is 29.1 Å². The van der Waals surface area contributed by atoms with Gasteiger partial charge in [0.2, 0.25) is 5.91 Å². The van der Waals surface area contributed by atoms with Crippen LogP contribution in [0.1, 0.15) is 36.8 Å². The maximum absolute atomic E-state index is 13.5. The number of carbonyl (C=O) groups excluding carboxylic acids is 1. The molecule has 1 saturated carbocycles. The third-order valence-electron chi connectivity index (χ3n) is 3.81. The lowest BCUT2D eigenvalue weighted by molar-refractivity contribution is -0.116. The van der Waals surface area contributed by atoms with Crippen molar-refractivity contribution in [2.75, 3.05) is 5.75 Å². The lowest BCUT2D eigenvalue weighted by Crippen LogP contribution is -2.19. The zero-order valence-corrected chi connectivity index (χ0v) is 13.4. The number of carbonyl (C=O) groups is 1. The Labute approximate surface area is 138 Å². The molecule has 0 atom stereocenters. The van der Waals surface area contributed by atoms with Crippen molar-refractivity contribution in [2.24, 2.45) is 10.2 Å². The Morgan fingerprint density at radius 1 is 1.39 bits per heavy atom. The van der Waals surface area contributed by atoms with Crippen molar-refractivity contribution in [2.45, 2.75) is 38.4 Å². The fourth-order valence-electron chi connectivity index (χ4n) is 2.61. The summed E-state index contributed by atoms with van der Waals surface area (Å²) in [5.41, 5.74) is 1.52. The van der Waals surface area contributed by atoms with Gasteiger partial charge in [-0.2, -0.15) is 5.10 Å². The van der Waals surface area contributed by atoms with Gasteiger partial charge in [-0.3, -0.25) is 4.79 Å². The van der Waals surface area contributed by atoms with Crippen LogP contribution < -0.4 is 5.32 Å². The van der Waals surface area contributed by atoms with E-state index in [1.807, 2.05) is 0 Å². The molecular formula is C16H18FN3O2S. The summed E-state index contributed by atoms with van der Waals surface area (Å²) in [6, 6.07) is 4.52. The molecule has 23 heavy (non-hydrogen) atoms. The molecule has 1 aliphatic carbocycles. The van der Waals surface area contributed by atoms with E-state index in [4.69, 9.17) is 4.74 Å². The summed E-state index contributed by atoms with van der Waals surface area (Å²) in [5, 5.41) is 11.0. The van der Waals surface area contributed by atoms with Crippen LogP contribution in [-0.4, -0.2) is 29.1 Å². The number of hydrogen-bond acceptors (Lipinski definition) is 5. The lowest BCUT2D eigenvalue weighted by Gasteiger charge is -2.12. The minimum atomic E-state index is -0.294. The number of hydrogen-bond donors (Lipinski definition) is 1. The molecule has 1 aliphatic heterocycles. The van der Waals surface area contributed by atoms with Gasteiger partial charge in [0, 0.05) is 5.56 Å². The Kier molecular flexibility index (Phi) is 5.40. The Hall–Kier alpha value is -1.73. The summed E-state index contributed by atoms with van der Waals surface area (Å²) < 4.78 is 19.3. The topological polar surface area (TPSA) is 63.0 Å². The monoisotopic (exact) mass is 335 g/mol. The van der Waals surface area contributed by atoms with Crippen LogP contribution in [0, 0.1) is 5.82 Å². The first-order valence-corrected chi connectivity index (χ1v) is 8.63. The Balaban J connectivity index is 1.66. The molecular weight excluding hydrogens is 317 g/mol. The van der Waals surface area contributed by atoms with E-state index in [-0.39, 0.29) is 17.8 Å². The Morgan fingerprint density at radius 2 is 2.22 bits per heavy atom. The van der Waals surface area contributed by atoms with Crippen LogP contribution in [0.15, 0.2) is 28.4 Å². The second-order valence-corrected chi connectivity index (χ2v) is 6.51. The molecule has 7 heteroatoms. The fourth-order valence-corrected chi connectivity index (χ4v) is 3.24. The van der Waals surface area contributed by atoms with Crippen molar-refractivity contribution in [3.8, 4) is 0 Å². The highest BCUT2D eigenvalue weighted by Crippen LogP contribution is 2.23. The van der Waals surface area contributed by atoms with Gasteiger partial charge >= 0.3 is 0 Å². The molecule has 2 fully saturated rings. The molecule has 2 aliphatic rings. The number of thioether (sulfide) groups is 1. The zero-order valence-electron chi connectivity index (χ0n) is 12.6. The van der Waals surface area contributed by atoms with Crippen LogP contribution in [-0.2, 0) is 16.1 Å². The number of ether oxygens (including phenoxy) is 1. The van der Waals surface area contributed by atoms with Crippen LogP contribution in [0.5, 0.6) is 0 Å². The molecule has 1 N–H and O–H groups in total. The lowest BCUT2D eigenvalue weighted by atomic mass is 10.1. The van der Waals surface area contributed by atoms with E-state index < -0.39 is 0 Å². The molecule has 0 radical (unpaired) electrons. The quantitative estimate of drug-likeness (QED) is 0.665. The molecule has 1 aromatic carbocycles. The summed E-state index contributed by atoms with van der Waals surface area (Å²) in [6.45, 7) is 0.367. The van der Waals surface area contributed by atoms with E-state index >= 15 is 0 Å². The van der Waals surface area contributed by atoms with E-state index in [9.17, 15) is 9.18 Å². The second kappa shape index (κ2) is 7.70. The number of amides is 1. The Bertz CT molecular complexity index is 642. The summed E-state index contributed by atoms with van der Waals surface area (Å²) in [6.07, 6.45) is 6.37. The average molecular weight is 335 g/mol. The van der Waals surface area contributed by atoms with Gasteiger partial charge in [0.15, 0.2) is 5.17 Å². The maximum atomic E-state index is 13.5. The van der Waals surface area contributed by atoms with Crippen molar-refractivity contribution in [1.82, 2.24) is 5.32 Å². The highest BCUT2D eigenvalue weighted by molar-refractivity contribution is 8.15. The normalized spacial score (nSPS) is 20.7. The molecule has 0 spiro atoms. The highest BCUT2D eigenvalue weighted by atomic mass is 32.2. The highest BCUT2D eigenvalue weighted by Gasteiger charge is 2.17. The van der Waals surface area contributed by atoms with Gasteiger partial charge in [0.25, 0.3) is 0 Å². The summed E-state index contributed by atoms with van der Waals surface area (Å²) >= 11 is 1.31. The van der Waals surface area contributed by atoms with Crippen LogP contribution in [0.3, 0.4) is 0 Å². The predicted molar refractivity (Wildman–Crippen MR) is 89.1 cm³/mol.